The van der Waals surface area contributed by atoms with Crippen molar-refractivity contribution in [3.8, 4) is 5.75 Å². The van der Waals surface area contributed by atoms with Gasteiger partial charge in [0.25, 0.3) is 5.92 Å². The predicted molar refractivity (Wildman–Crippen MR) is 115 cm³/mol. The highest BCUT2D eigenvalue weighted by atomic mass is 35.5. The van der Waals surface area contributed by atoms with E-state index in [-0.39, 0.29) is 18.3 Å². The summed E-state index contributed by atoms with van der Waals surface area (Å²) in [5.74, 6) is -2.63. The van der Waals surface area contributed by atoms with E-state index < -0.39 is 30.8 Å². The van der Waals surface area contributed by atoms with Crippen LogP contribution in [0.5, 0.6) is 5.75 Å². The number of halogens is 3. The second kappa shape index (κ2) is 9.02. The molecule has 0 radical (unpaired) electrons. The molecule has 3 N–H and O–H groups in total. The van der Waals surface area contributed by atoms with Crippen LogP contribution in [-0.2, 0) is 4.79 Å². The zero-order chi connectivity index (χ0) is 20.4. The van der Waals surface area contributed by atoms with Gasteiger partial charge in [0, 0.05) is 36.0 Å². The smallest absolute Gasteiger partial charge is 0.262 e. The number of aromatic nitrogens is 1. The average Bonchev–Trinajstić information content (AvgIpc) is 3.32. The summed E-state index contributed by atoms with van der Waals surface area (Å²) < 4.78 is 32.1. The molecule has 5 nitrogen and oxygen atoms in total. The molecule has 8 heteroatoms. The number of hydrogen-bond donors (Lipinski definition) is 3. The highest BCUT2D eigenvalue weighted by molar-refractivity contribution is 5.86. The topological polar surface area (TPSA) is 66.2 Å². The number of alkyl halides is 2. The van der Waals surface area contributed by atoms with E-state index in [1.54, 1.807) is 7.11 Å². The highest BCUT2D eigenvalue weighted by Crippen LogP contribution is 2.32. The molecule has 1 saturated heterocycles. The number of nitrogens with one attached hydrogen (secondary N) is 3. The van der Waals surface area contributed by atoms with Gasteiger partial charge in [-0.15, -0.1) is 12.4 Å². The summed E-state index contributed by atoms with van der Waals surface area (Å²) in [5.41, 5.74) is 3.04. The third-order valence-electron chi connectivity index (χ3n) is 5.42. The Bertz CT molecular complexity index is 1010. The Kier molecular flexibility index (Phi) is 6.63. The second-order valence-corrected chi connectivity index (χ2v) is 7.35. The number of methoxy groups -OCH3 is 1. The predicted octanol–water partition coefficient (Wildman–Crippen LogP) is 3.84. The number of ether oxygens (including phenoxy) is 1. The van der Waals surface area contributed by atoms with Gasteiger partial charge in [0.15, 0.2) is 0 Å². The van der Waals surface area contributed by atoms with Crippen molar-refractivity contribution in [1.82, 2.24) is 15.6 Å². The summed E-state index contributed by atoms with van der Waals surface area (Å²) in [7, 11) is 1.61. The van der Waals surface area contributed by atoms with Crippen molar-refractivity contribution in [3.05, 3.63) is 65.9 Å². The molecular formula is C22H24ClF2N3O2. The number of aromatic amines is 1. The first-order valence-corrected chi connectivity index (χ1v) is 9.56. The van der Waals surface area contributed by atoms with Gasteiger partial charge < -0.3 is 15.0 Å². The molecule has 2 unspecified atom stereocenters. The van der Waals surface area contributed by atoms with Gasteiger partial charge in [0.2, 0.25) is 5.91 Å². The van der Waals surface area contributed by atoms with Crippen LogP contribution in [-0.4, -0.2) is 43.1 Å². The number of fused-ring (bicyclic) bond motifs is 1. The van der Waals surface area contributed by atoms with Crippen LogP contribution < -0.4 is 15.4 Å². The largest absolute Gasteiger partial charge is 0.497 e. The van der Waals surface area contributed by atoms with E-state index in [1.165, 1.54) is 0 Å². The van der Waals surface area contributed by atoms with Gasteiger partial charge in [-0.05, 0) is 29.3 Å². The van der Waals surface area contributed by atoms with Crippen LogP contribution in [0.25, 0.3) is 10.9 Å². The van der Waals surface area contributed by atoms with Gasteiger partial charge in [-0.3, -0.25) is 10.1 Å². The van der Waals surface area contributed by atoms with Crippen molar-refractivity contribution in [2.45, 2.75) is 24.3 Å². The van der Waals surface area contributed by atoms with Crippen molar-refractivity contribution in [1.29, 1.82) is 0 Å². The van der Waals surface area contributed by atoms with Gasteiger partial charge in [-0.25, -0.2) is 8.78 Å². The standard InChI is InChI=1S/C22H23F2N3O2.ClH/c1-29-15-8-6-14(7-9-15)17(18-12-25-19-5-3-2-4-16(18)19)11-26-21(28)20-10-22(23,24)13-27-20;/h2-9,12,17,20,25,27H,10-11,13H2,1H3,(H,26,28);1H. The number of carbonyl (C=O) groups excluding carboxylic acids is 1. The number of carbonyl (C=O) groups is 1. The van der Waals surface area contributed by atoms with Crippen LogP contribution >= 0.6 is 12.4 Å². The lowest BCUT2D eigenvalue weighted by Gasteiger charge is -2.20. The van der Waals surface area contributed by atoms with Crippen molar-refractivity contribution in [2.24, 2.45) is 0 Å². The fraction of sp³-hybridized carbons (Fsp3) is 0.318. The molecule has 2 aromatic carbocycles. The monoisotopic (exact) mass is 435 g/mol. The van der Waals surface area contributed by atoms with Crippen molar-refractivity contribution < 1.29 is 18.3 Å². The Hall–Kier alpha value is -2.64. The second-order valence-electron chi connectivity index (χ2n) is 7.35. The SMILES string of the molecule is COc1ccc(C(CNC(=O)C2CC(F)(F)CN2)c2c[nH]c3ccccc23)cc1.Cl. The quantitative estimate of drug-likeness (QED) is 0.551. The van der Waals surface area contributed by atoms with Crippen molar-refractivity contribution >= 4 is 29.2 Å². The van der Waals surface area contributed by atoms with E-state index in [0.717, 1.165) is 27.8 Å². The molecule has 2 heterocycles. The molecular weight excluding hydrogens is 412 g/mol. The maximum atomic E-state index is 13.4. The molecule has 3 aromatic rings. The summed E-state index contributed by atoms with van der Waals surface area (Å²) in [5, 5.41) is 6.53. The summed E-state index contributed by atoms with van der Waals surface area (Å²) in [6, 6.07) is 14.7. The first kappa shape index (κ1) is 22.1. The number of benzene rings is 2. The minimum absolute atomic E-state index is 0. The van der Waals surface area contributed by atoms with Gasteiger partial charge >= 0.3 is 0 Å². The molecule has 0 saturated carbocycles. The molecule has 0 aliphatic carbocycles. The molecule has 4 rings (SSSR count). The molecule has 30 heavy (non-hydrogen) atoms. The van der Waals surface area contributed by atoms with Crippen molar-refractivity contribution in [2.75, 3.05) is 20.2 Å². The maximum Gasteiger partial charge on any atom is 0.262 e. The van der Waals surface area contributed by atoms with Gasteiger partial charge in [-0.1, -0.05) is 30.3 Å². The molecule has 160 valence electrons. The van der Waals surface area contributed by atoms with E-state index in [0.29, 0.717) is 6.54 Å². The zero-order valence-corrected chi connectivity index (χ0v) is 17.3. The number of rotatable bonds is 6. The fourth-order valence-electron chi connectivity index (χ4n) is 3.85. The Morgan fingerprint density at radius 1 is 1.23 bits per heavy atom. The van der Waals surface area contributed by atoms with E-state index in [4.69, 9.17) is 4.74 Å². The number of H-pyrrole nitrogens is 1. The Morgan fingerprint density at radius 3 is 2.63 bits per heavy atom. The normalized spacial score (nSPS) is 18.6. The van der Waals surface area contributed by atoms with Crippen LogP contribution in [0.2, 0.25) is 0 Å². The van der Waals surface area contributed by atoms with Crippen molar-refractivity contribution in [3.63, 3.8) is 0 Å². The van der Waals surface area contributed by atoms with Crippen LogP contribution in [0.15, 0.2) is 54.7 Å². The van der Waals surface area contributed by atoms with Crippen LogP contribution in [0, 0.1) is 0 Å². The molecule has 1 fully saturated rings. The first-order chi connectivity index (χ1) is 14.0. The molecule has 1 amide bonds. The number of para-hydroxylation sites is 1. The first-order valence-electron chi connectivity index (χ1n) is 9.56. The number of hydrogen-bond acceptors (Lipinski definition) is 3. The fourth-order valence-corrected chi connectivity index (χ4v) is 3.85. The molecule has 2 atom stereocenters. The average molecular weight is 436 g/mol. The highest BCUT2D eigenvalue weighted by Gasteiger charge is 2.42. The maximum absolute atomic E-state index is 13.4. The minimum Gasteiger partial charge on any atom is -0.497 e. The molecule has 1 aromatic heterocycles. The molecule has 1 aliphatic heterocycles. The molecule has 1 aliphatic rings. The third-order valence-corrected chi connectivity index (χ3v) is 5.42. The lowest BCUT2D eigenvalue weighted by atomic mass is 9.90. The van der Waals surface area contributed by atoms with Gasteiger partial charge in [0.05, 0.1) is 19.7 Å². The third kappa shape index (κ3) is 4.57. The Labute approximate surface area is 179 Å². The summed E-state index contributed by atoms with van der Waals surface area (Å²) in [4.78, 5) is 15.7. The summed E-state index contributed by atoms with van der Waals surface area (Å²) >= 11 is 0. The number of amides is 1. The van der Waals surface area contributed by atoms with Crippen LogP contribution in [0.4, 0.5) is 8.78 Å². The lowest BCUT2D eigenvalue weighted by molar-refractivity contribution is -0.123. The Morgan fingerprint density at radius 2 is 1.97 bits per heavy atom. The molecule has 0 bridgehead atoms. The Balaban J connectivity index is 0.00000256. The molecule has 0 spiro atoms. The van der Waals surface area contributed by atoms with E-state index in [2.05, 4.69) is 15.6 Å². The van der Waals surface area contributed by atoms with Gasteiger partial charge in [0.1, 0.15) is 5.75 Å². The van der Waals surface area contributed by atoms with Gasteiger partial charge in [-0.2, -0.15) is 0 Å². The van der Waals surface area contributed by atoms with E-state index >= 15 is 0 Å². The zero-order valence-electron chi connectivity index (χ0n) is 16.5. The van der Waals surface area contributed by atoms with Crippen LogP contribution in [0.3, 0.4) is 0 Å². The summed E-state index contributed by atoms with van der Waals surface area (Å²) in [6.07, 6.45) is 1.47. The summed E-state index contributed by atoms with van der Waals surface area (Å²) in [6.45, 7) is -0.161. The minimum atomic E-state index is -2.84. The van der Waals surface area contributed by atoms with E-state index in [1.807, 2.05) is 54.7 Å². The van der Waals surface area contributed by atoms with E-state index in [9.17, 15) is 13.6 Å². The lowest BCUT2D eigenvalue weighted by Crippen LogP contribution is -2.42. The van der Waals surface area contributed by atoms with Crippen LogP contribution in [0.1, 0.15) is 23.5 Å².